The van der Waals surface area contributed by atoms with E-state index in [1.54, 1.807) is 27.2 Å². The maximum absolute atomic E-state index is 16.7. The number of ether oxygens (including phenoxy) is 2. The Morgan fingerprint density at radius 3 is 2.47 bits per heavy atom. The summed E-state index contributed by atoms with van der Waals surface area (Å²) in [6, 6.07) is 7.73. The van der Waals surface area contributed by atoms with Crippen LogP contribution in [0.2, 0.25) is 0 Å². The van der Waals surface area contributed by atoms with Crippen LogP contribution in [0.15, 0.2) is 42.6 Å². The highest BCUT2D eigenvalue weighted by molar-refractivity contribution is 5.96. The molecular weight excluding hydrogens is 944 g/mol. The minimum atomic E-state index is -2.31. The third-order valence-electron chi connectivity index (χ3n) is 15.5. The lowest BCUT2D eigenvalue weighted by Gasteiger charge is -2.40. The van der Waals surface area contributed by atoms with Crippen molar-refractivity contribution in [3.8, 4) is 23.1 Å². The molecule has 6 bridgehead atoms. The number of hydrazine groups is 2. The predicted octanol–water partition coefficient (Wildman–Crippen LogP) is 5.29. The summed E-state index contributed by atoms with van der Waals surface area (Å²) >= 11 is 0. The topological polar surface area (TPSA) is 174 Å². The summed E-state index contributed by atoms with van der Waals surface area (Å²) in [4.78, 5) is 81.5. The van der Waals surface area contributed by atoms with Crippen molar-refractivity contribution < 1.29 is 37.8 Å². The number of carbonyl (C=O) groups excluding carboxylic acids is 5. The van der Waals surface area contributed by atoms with Gasteiger partial charge in [-0.2, -0.15) is 0 Å². The minimum Gasteiger partial charge on any atom is -0.464 e. The van der Waals surface area contributed by atoms with E-state index in [2.05, 4.69) is 88.7 Å². The number of methoxy groups -OCH3 is 1. The van der Waals surface area contributed by atoms with Gasteiger partial charge < -0.3 is 23.8 Å². The number of hydrogen-bond acceptors (Lipinski definition) is 12. The molecule has 17 nitrogen and oxygen atoms in total. The number of carbonyl (C=O) groups is 5. The van der Waals surface area contributed by atoms with E-state index < -0.39 is 64.4 Å². The van der Waals surface area contributed by atoms with Crippen molar-refractivity contribution in [1.29, 1.82) is 0 Å². The summed E-state index contributed by atoms with van der Waals surface area (Å²) < 4.78 is 31.0. The highest BCUT2D eigenvalue weighted by atomic mass is 19.1. The fourth-order valence-electron chi connectivity index (χ4n) is 10.6. The van der Waals surface area contributed by atoms with E-state index in [4.69, 9.17) is 14.5 Å². The van der Waals surface area contributed by atoms with Crippen LogP contribution in [0.25, 0.3) is 27.7 Å². The molecule has 3 aromatic rings. The van der Waals surface area contributed by atoms with Crippen LogP contribution in [0.5, 0.6) is 0 Å². The average molecular weight is 1020 g/mol. The van der Waals surface area contributed by atoms with Crippen molar-refractivity contribution in [2.24, 2.45) is 11.3 Å². The Morgan fingerprint density at radius 2 is 1.80 bits per heavy atom. The number of nitrogens with zero attached hydrogens (tertiary/aromatic N) is 7. The number of esters is 1. The lowest BCUT2D eigenvalue weighted by Crippen LogP contribution is -2.65. The Labute approximate surface area is 436 Å². The molecular formula is C56H79FN10O7. The standard InChI is InChI=1S/C56H79FN10O7/c1-13-66-45-21-20-38-31-41(45)42(49(66)40-18-14-26-58-47(40)37(4)73-12)32-54(5,6)35-74-52(71)43-19-16-28-67(61-43)51(70)44(34-64-27-15-17-39(38)33-64)59-60-50(69)48(36(2)3)63(11)53(72)56(57)24-29-65(30-25-56)46(68)22-23-55(7,8)62(9)10/h14,17-18,20-21,26,31,36-37,43-44,48,59,61H,13,15-16,19,24-25,27-30,32-35H2,1-12H3,(H,60,69)/t37-,43-,44-,48-/m0/s1. The Hall–Kier alpha value is -5.71. The first-order chi connectivity index (χ1) is 35.0. The Morgan fingerprint density at radius 1 is 1.07 bits per heavy atom. The first kappa shape index (κ1) is 56.0. The third kappa shape index (κ3) is 12.2. The molecule has 4 aliphatic rings. The number of nitrogens with one attached hydrogen (secondary N) is 3. The Balaban J connectivity index is 1.15. The van der Waals surface area contributed by atoms with Gasteiger partial charge in [0.2, 0.25) is 0 Å². The van der Waals surface area contributed by atoms with Crippen LogP contribution < -0.4 is 16.3 Å². The van der Waals surface area contributed by atoms with Crippen molar-refractivity contribution in [2.45, 2.75) is 136 Å². The van der Waals surface area contributed by atoms with Crippen LogP contribution in [0, 0.1) is 23.2 Å². The number of amides is 4. The number of cyclic esters (lactones) is 1. The van der Waals surface area contributed by atoms with Crippen molar-refractivity contribution in [3.05, 3.63) is 59.4 Å². The molecule has 3 N–H and O–H groups in total. The van der Waals surface area contributed by atoms with Crippen molar-refractivity contribution in [1.82, 2.24) is 50.4 Å². The zero-order valence-electron chi connectivity index (χ0n) is 45.7. The van der Waals surface area contributed by atoms with E-state index in [1.807, 2.05) is 45.8 Å². The fourth-order valence-corrected chi connectivity index (χ4v) is 10.6. The van der Waals surface area contributed by atoms with Crippen LogP contribution in [-0.4, -0.2) is 167 Å². The maximum atomic E-state index is 16.7. The van der Waals surface area contributed by atoms with Crippen LogP contribution in [0.3, 0.4) is 0 Å². The SMILES string of the molecule is CCn1c(-c2cccnc2[C@H](C)OC)c2c3cc(ccc31)C1=CCCN(C1)C[C@H](NNC(=O)[C@H](C(C)C)N(C)C(=O)C1(F)CCN(C(=O)C#CC(C)(C)N(C)C)CC1)C(=O)N1CCC[C@H](N1)C(=O)OCC(C)(C)C2. The molecule has 1 unspecified atom stereocenters. The van der Waals surface area contributed by atoms with Gasteiger partial charge in [-0.05, 0) is 120 Å². The molecule has 0 spiro atoms. The monoisotopic (exact) mass is 1020 g/mol. The lowest BCUT2D eigenvalue weighted by atomic mass is 9.84. The second-order valence-corrected chi connectivity index (χ2v) is 22.4. The molecule has 7 rings (SSSR count). The maximum Gasteiger partial charge on any atom is 0.324 e. The number of hydrogen-bond donors (Lipinski definition) is 3. The van der Waals surface area contributed by atoms with E-state index >= 15 is 4.39 Å². The molecule has 18 heteroatoms. The molecule has 0 saturated carbocycles. The number of rotatable bonds is 11. The Bertz CT molecular complexity index is 2680. The molecule has 4 aliphatic heterocycles. The van der Waals surface area contributed by atoms with Crippen LogP contribution >= 0.6 is 0 Å². The van der Waals surface area contributed by atoms with Gasteiger partial charge in [0.25, 0.3) is 23.6 Å². The molecule has 2 aromatic heterocycles. The molecule has 0 aliphatic carbocycles. The zero-order chi connectivity index (χ0) is 53.9. The lowest BCUT2D eigenvalue weighted by molar-refractivity contribution is -0.155. The van der Waals surface area contributed by atoms with Gasteiger partial charge in [-0.25, -0.2) is 15.2 Å². The van der Waals surface area contributed by atoms with Crippen LogP contribution in [-0.2, 0) is 46.4 Å². The van der Waals surface area contributed by atoms with Gasteiger partial charge >= 0.3 is 5.97 Å². The first-order valence-corrected chi connectivity index (χ1v) is 26.3. The van der Waals surface area contributed by atoms with E-state index in [-0.39, 0.29) is 51.1 Å². The van der Waals surface area contributed by atoms with Crippen LogP contribution in [0.1, 0.15) is 110 Å². The number of likely N-dealkylation sites (tertiary alicyclic amines) is 1. The second kappa shape index (κ2) is 23.0. The van der Waals surface area contributed by atoms with Crippen molar-refractivity contribution in [3.63, 3.8) is 0 Å². The molecule has 74 heavy (non-hydrogen) atoms. The summed E-state index contributed by atoms with van der Waals surface area (Å²) in [5.41, 5.74) is 12.8. The molecule has 1 aromatic carbocycles. The van der Waals surface area contributed by atoms with Gasteiger partial charge in [0.15, 0.2) is 5.67 Å². The number of aryl methyl sites for hydroxylation is 1. The molecule has 6 heterocycles. The summed E-state index contributed by atoms with van der Waals surface area (Å²) in [6.45, 7) is 18.1. The smallest absolute Gasteiger partial charge is 0.324 e. The molecule has 2 saturated heterocycles. The van der Waals surface area contributed by atoms with Crippen molar-refractivity contribution in [2.75, 3.05) is 74.1 Å². The number of piperidine rings is 1. The first-order valence-electron chi connectivity index (χ1n) is 26.3. The predicted molar refractivity (Wildman–Crippen MR) is 283 cm³/mol. The second-order valence-electron chi connectivity index (χ2n) is 22.4. The summed E-state index contributed by atoms with van der Waals surface area (Å²) in [5.74, 6) is 2.45. The van der Waals surface area contributed by atoms with Gasteiger partial charge in [-0.3, -0.25) is 49.2 Å². The van der Waals surface area contributed by atoms with Gasteiger partial charge in [-0.1, -0.05) is 45.8 Å². The Kier molecular flexibility index (Phi) is 17.4. The summed E-state index contributed by atoms with van der Waals surface area (Å²) in [6.07, 6.45) is 5.59. The zero-order valence-corrected chi connectivity index (χ0v) is 45.7. The summed E-state index contributed by atoms with van der Waals surface area (Å²) in [7, 11) is 6.84. The van der Waals surface area contributed by atoms with Gasteiger partial charge in [0.05, 0.1) is 29.6 Å². The van der Waals surface area contributed by atoms with Gasteiger partial charge in [0.1, 0.15) is 18.1 Å². The van der Waals surface area contributed by atoms with Gasteiger partial charge in [0, 0.05) is 101 Å². The number of likely N-dealkylation sites (N-methyl/N-ethyl adjacent to an activating group) is 1. The largest absolute Gasteiger partial charge is 0.464 e. The number of pyridine rings is 1. The number of alkyl halides is 1. The van der Waals surface area contributed by atoms with E-state index in [0.717, 1.165) is 49.5 Å². The number of halogens is 1. The third-order valence-corrected chi connectivity index (χ3v) is 15.5. The number of aromatic nitrogens is 2. The highest BCUT2D eigenvalue weighted by Gasteiger charge is 2.47. The number of benzene rings is 1. The minimum absolute atomic E-state index is 0.00499. The van der Waals surface area contributed by atoms with E-state index in [9.17, 15) is 24.0 Å². The fraction of sp³-hybridized carbons (Fsp3) is 0.607. The van der Waals surface area contributed by atoms with Gasteiger partial charge in [-0.15, -0.1) is 0 Å². The van der Waals surface area contributed by atoms with E-state index in [0.29, 0.717) is 51.9 Å². The molecule has 2 fully saturated rings. The van der Waals surface area contributed by atoms with Crippen LogP contribution in [0.4, 0.5) is 4.39 Å². The number of fused-ring (bicyclic) bond motifs is 6. The van der Waals surface area contributed by atoms with Crippen molar-refractivity contribution >= 4 is 46.1 Å². The average Bonchev–Trinajstić information content (AvgIpc) is 3.68. The normalized spacial score (nSPS) is 22.3. The highest BCUT2D eigenvalue weighted by Crippen LogP contribution is 2.42. The molecule has 0 radical (unpaired) electrons. The van der Waals surface area contributed by atoms with E-state index in [1.165, 1.54) is 17.0 Å². The summed E-state index contributed by atoms with van der Waals surface area (Å²) in [5, 5.41) is 2.53. The molecule has 5 atom stereocenters. The quantitative estimate of drug-likeness (QED) is 0.129. The molecule has 4 amide bonds. The molecule has 402 valence electrons.